The molecule has 1 fully saturated rings. The molecule has 2 N–H and O–H groups in total. The van der Waals surface area contributed by atoms with Crippen molar-refractivity contribution >= 4 is 34.8 Å². The second-order valence-corrected chi connectivity index (χ2v) is 5.40. The molecular formula is C12H15Cl2N3O. The molecule has 98 valence electrons. The fourth-order valence-electron chi connectivity index (χ4n) is 2.12. The number of nitrogens with zero attached hydrogens (tertiary/aromatic N) is 1. The average Bonchev–Trinajstić information content (AvgIpc) is 2.69. The van der Waals surface area contributed by atoms with Gasteiger partial charge in [0.25, 0.3) is 0 Å². The molecule has 6 heteroatoms. The van der Waals surface area contributed by atoms with Crippen molar-refractivity contribution in [1.82, 2.24) is 10.3 Å². The summed E-state index contributed by atoms with van der Waals surface area (Å²) in [7, 11) is 0. The third kappa shape index (κ3) is 2.76. The molecule has 1 aromatic rings. The number of carbonyl (C=O) groups is 1. The summed E-state index contributed by atoms with van der Waals surface area (Å²) in [5.41, 5.74) is 1.36. The summed E-state index contributed by atoms with van der Waals surface area (Å²) in [6, 6.07) is 1.68. The predicted molar refractivity (Wildman–Crippen MR) is 73.1 cm³/mol. The second-order valence-electron chi connectivity index (χ2n) is 4.66. The first kappa shape index (κ1) is 13.6. The van der Waals surface area contributed by atoms with Crippen LogP contribution in [0.25, 0.3) is 0 Å². The quantitative estimate of drug-likeness (QED) is 0.822. The summed E-state index contributed by atoms with van der Waals surface area (Å²) >= 11 is 11.8. The number of carbonyl (C=O) groups excluding carboxylic acids is 1. The number of halogens is 2. The second kappa shape index (κ2) is 5.43. The Morgan fingerprint density at radius 3 is 2.78 bits per heavy atom. The highest BCUT2D eigenvalue weighted by Crippen LogP contribution is 2.28. The van der Waals surface area contributed by atoms with Gasteiger partial charge in [-0.25, -0.2) is 4.98 Å². The third-order valence-corrected chi connectivity index (χ3v) is 3.71. The Balaban J connectivity index is 2.17. The van der Waals surface area contributed by atoms with Gasteiger partial charge in [-0.05, 0) is 31.0 Å². The maximum absolute atomic E-state index is 12.1. The van der Waals surface area contributed by atoms with Crippen LogP contribution in [0.4, 0.5) is 5.69 Å². The van der Waals surface area contributed by atoms with E-state index < -0.39 is 0 Å². The van der Waals surface area contributed by atoms with Gasteiger partial charge in [0.15, 0.2) is 5.15 Å². The molecule has 2 unspecified atom stereocenters. The maximum atomic E-state index is 12.1. The van der Waals surface area contributed by atoms with E-state index in [0.29, 0.717) is 23.3 Å². The lowest BCUT2D eigenvalue weighted by atomic mass is 9.97. The molecule has 2 rings (SSSR count). The van der Waals surface area contributed by atoms with Gasteiger partial charge in [0.2, 0.25) is 5.91 Å². The van der Waals surface area contributed by atoms with Gasteiger partial charge in [-0.15, -0.1) is 0 Å². The van der Waals surface area contributed by atoms with Crippen molar-refractivity contribution in [2.45, 2.75) is 13.8 Å². The van der Waals surface area contributed by atoms with Crippen molar-refractivity contribution in [3.8, 4) is 0 Å². The molecule has 2 atom stereocenters. The van der Waals surface area contributed by atoms with Crippen molar-refractivity contribution in [1.29, 1.82) is 0 Å². The zero-order valence-corrected chi connectivity index (χ0v) is 11.8. The molecule has 18 heavy (non-hydrogen) atoms. The predicted octanol–water partition coefficient (Wildman–Crippen LogP) is 2.49. The van der Waals surface area contributed by atoms with Gasteiger partial charge in [0.05, 0.1) is 11.6 Å². The van der Waals surface area contributed by atoms with E-state index in [0.717, 1.165) is 12.1 Å². The van der Waals surface area contributed by atoms with Crippen molar-refractivity contribution < 1.29 is 4.79 Å². The first-order valence-electron chi connectivity index (χ1n) is 5.83. The molecule has 2 heterocycles. The molecule has 0 bridgehead atoms. The van der Waals surface area contributed by atoms with E-state index in [1.165, 1.54) is 0 Å². The van der Waals surface area contributed by atoms with Crippen molar-refractivity contribution in [2.24, 2.45) is 11.8 Å². The highest BCUT2D eigenvalue weighted by atomic mass is 35.5. The summed E-state index contributed by atoms with van der Waals surface area (Å²) < 4.78 is 0. The van der Waals surface area contributed by atoms with Crippen LogP contribution in [0.5, 0.6) is 0 Å². The molecule has 0 saturated carbocycles. The number of rotatable bonds is 2. The first-order chi connectivity index (χ1) is 8.49. The van der Waals surface area contributed by atoms with Crippen molar-refractivity contribution in [3.63, 3.8) is 0 Å². The number of hydrogen-bond acceptors (Lipinski definition) is 3. The molecule has 4 nitrogen and oxygen atoms in total. The van der Waals surface area contributed by atoms with E-state index >= 15 is 0 Å². The van der Waals surface area contributed by atoms with Crippen LogP contribution in [-0.4, -0.2) is 24.0 Å². The number of nitrogens with one attached hydrogen (secondary N) is 2. The summed E-state index contributed by atoms with van der Waals surface area (Å²) in [5, 5.41) is 6.60. The van der Waals surface area contributed by atoms with Crippen LogP contribution in [-0.2, 0) is 4.79 Å². The Hall–Kier alpha value is -0.840. The largest absolute Gasteiger partial charge is 0.323 e. The minimum Gasteiger partial charge on any atom is -0.323 e. The lowest BCUT2D eigenvalue weighted by molar-refractivity contribution is -0.120. The van der Waals surface area contributed by atoms with Gasteiger partial charge in [0.1, 0.15) is 5.15 Å². The molecule has 0 aromatic carbocycles. The molecular weight excluding hydrogens is 273 g/mol. The van der Waals surface area contributed by atoms with Gasteiger partial charge >= 0.3 is 0 Å². The SMILES string of the molecule is Cc1cc(Cl)nc(Cl)c1NC(=O)C1CNCC1C. The van der Waals surface area contributed by atoms with Gasteiger partial charge in [0, 0.05) is 6.54 Å². The zero-order valence-electron chi connectivity index (χ0n) is 10.3. The normalized spacial score (nSPS) is 23.1. The number of amides is 1. The molecule has 0 radical (unpaired) electrons. The van der Waals surface area contributed by atoms with Gasteiger partial charge in [-0.1, -0.05) is 30.1 Å². The molecule has 1 saturated heterocycles. The fourth-order valence-corrected chi connectivity index (χ4v) is 2.70. The zero-order chi connectivity index (χ0) is 13.3. The Morgan fingerprint density at radius 2 is 2.22 bits per heavy atom. The van der Waals surface area contributed by atoms with Gasteiger partial charge < -0.3 is 10.6 Å². The lowest BCUT2D eigenvalue weighted by Gasteiger charge is -2.16. The van der Waals surface area contributed by atoms with Crippen molar-refractivity contribution in [2.75, 3.05) is 18.4 Å². The number of aromatic nitrogens is 1. The van der Waals surface area contributed by atoms with E-state index in [1.807, 2.05) is 6.92 Å². The van der Waals surface area contributed by atoms with E-state index in [-0.39, 0.29) is 17.0 Å². The lowest BCUT2D eigenvalue weighted by Crippen LogP contribution is -2.28. The van der Waals surface area contributed by atoms with Crippen LogP contribution >= 0.6 is 23.2 Å². The van der Waals surface area contributed by atoms with Crippen LogP contribution < -0.4 is 10.6 Å². The molecule has 0 aliphatic carbocycles. The Morgan fingerprint density at radius 1 is 1.50 bits per heavy atom. The van der Waals surface area contributed by atoms with Crippen LogP contribution in [0.1, 0.15) is 12.5 Å². The Labute approximate surface area is 116 Å². The minimum atomic E-state index is -0.0313. The number of pyridine rings is 1. The summed E-state index contributed by atoms with van der Waals surface area (Å²) in [6.45, 7) is 5.46. The van der Waals surface area contributed by atoms with Gasteiger partial charge in [-0.3, -0.25) is 4.79 Å². The molecule has 1 aliphatic heterocycles. The van der Waals surface area contributed by atoms with E-state index in [4.69, 9.17) is 23.2 Å². The number of anilines is 1. The fraction of sp³-hybridized carbons (Fsp3) is 0.500. The highest BCUT2D eigenvalue weighted by Gasteiger charge is 2.30. The monoisotopic (exact) mass is 287 g/mol. The van der Waals surface area contributed by atoms with E-state index in [9.17, 15) is 4.79 Å². The summed E-state index contributed by atoms with van der Waals surface area (Å²) in [5.74, 6) is 0.266. The Bertz CT molecular complexity index is 455. The molecule has 1 amide bonds. The van der Waals surface area contributed by atoms with E-state index in [2.05, 4.69) is 22.5 Å². The smallest absolute Gasteiger partial charge is 0.229 e. The summed E-state index contributed by atoms with van der Waals surface area (Å²) in [6.07, 6.45) is 0. The van der Waals surface area contributed by atoms with Crippen LogP contribution in [0, 0.1) is 18.8 Å². The number of hydrogen-bond donors (Lipinski definition) is 2. The van der Waals surface area contributed by atoms with Crippen LogP contribution in [0.2, 0.25) is 10.3 Å². The Kier molecular flexibility index (Phi) is 4.10. The van der Waals surface area contributed by atoms with Crippen LogP contribution in [0.15, 0.2) is 6.07 Å². The average molecular weight is 288 g/mol. The molecule has 1 aliphatic rings. The van der Waals surface area contributed by atoms with Gasteiger partial charge in [-0.2, -0.15) is 0 Å². The number of aryl methyl sites for hydroxylation is 1. The topological polar surface area (TPSA) is 54.0 Å². The maximum Gasteiger partial charge on any atom is 0.229 e. The molecule has 1 aromatic heterocycles. The first-order valence-corrected chi connectivity index (χ1v) is 6.59. The van der Waals surface area contributed by atoms with Crippen molar-refractivity contribution in [3.05, 3.63) is 21.9 Å². The van der Waals surface area contributed by atoms with Crippen LogP contribution in [0.3, 0.4) is 0 Å². The summed E-state index contributed by atoms with van der Waals surface area (Å²) in [4.78, 5) is 16.1. The van der Waals surface area contributed by atoms with E-state index in [1.54, 1.807) is 6.07 Å². The standard InChI is InChI=1S/C12H15Cl2N3O/c1-6-3-9(13)16-11(14)10(6)17-12(18)8-5-15-4-7(8)2/h3,7-8,15H,4-5H2,1-2H3,(H,17,18). The minimum absolute atomic E-state index is 0.0263. The third-order valence-electron chi connectivity index (χ3n) is 3.24. The molecule has 0 spiro atoms. The highest BCUT2D eigenvalue weighted by molar-refractivity contribution is 6.34.